The molecule has 4 aromatic heterocycles. The summed E-state index contributed by atoms with van der Waals surface area (Å²) < 4.78 is 3.71. The van der Waals surface area contributed by atoms with E-state index < -0.39 is 0 Å². The van der Waals surface area contributed by atoms with E-state index in [1.54, 1.807) is 17.8 Å². The Morgan fingerprint density at radius 1 is 1.04 bits per heavy atom. The topological polar surface area (TPSA) is 52.2 Å². The fourth-order valence-electron chi connectivity index (χ4n) is 3.06. The second-order valence-corrected chi connectivity index (χ2v) is 6.22. The number of hydrogen-bond donors (Lipinski definition) is 0. The average Bonchev–Trinajstić information content (AvgIpc) is 3.02. The highest BCUT2D eigenvalue weighted by atomic mass is 16.1. The van der Waals surface area contributed by atoms with Crippen molar-refractivity contribution in [2.24, 2.45) is 7.05 Å². The van der Waals surface area contributed by atoms with Crippen LogP contribution in [0, 0.1) is 6.92 Å². The van der Waals surface area contributed by atoms with Crippen LogP contribution in [0.15, 0.2) is 66.0 Å². The Labute approximate surface area is 145 Å². The Morgan fingerprint density at radius 2 is 1.92 bits per heavy atom. The average molecular weight is 330 g/mol. The lowest BCUT2D eigenvalue weighted by molar-refractivity contribution is 0.850. The Morgan fingerprint density at radius 3 is 2.68 bits per heavy atom. The molecule has 0 bridgehead atoms. The van der Waals surface area contributed by atoms with Crippen molar-refractivity contribution in [2.45, 2.75) is 13.3 Å². The van der Waals surface area contributed by atoms with Crippen LogP contribution in [0.4, 0.5) is 0 Å². The van der Waals surface area contributed by atoms with Crippen molar-refractivity contribution in [3.63, 3.8) is 0 Å². The summed E-state index contributed by atoms with van der Waals surface area (Å²) in [5.74, 6) is 0. The van der Waals surface area contributed by atoms with Gasteiger partial charge in [-0.1, -0.05) is 6.07 Å². The summed E-state index contributed by atoms with van der Waals surface area (Å²) in [5.41, 5.74) is 5.81. The molecule has 0 unspecified atom stereocenters. The van der Waals surface area contributed by atoms with Crippen LogP contribution in [0.25, 0.3) is 16.8 Å². The number of hydrogen-bond acceptors (Lipinski definition) is 3. The third-order valence-electron chi connectivity index (χ3n) is 4.37. The maximum Gasteiger partial charge on any atom is 0.253 e. The molecule has 5 heteroatoms. The van der Waals surface area contributed by atoms with Crippen LogP contribution < -0.4 is 5.56 Å². The zero-order valence-corrected chi connectivity index (χ0v) is 14.2. The van der Waals surface area contributed by atoms with Crippen LogP contribution in [0.1, 0.15) is 17.0 Å². The minimum Gasteiger partial charge on any atom is -0.318 e. The predicted molar refractivity (Wildman–Crippen MR) is 97.6 cm³/mol. The molecular weight excluding hydrogens is 312 g/mol. The first-order valence-corrected chi connectivity index (χ1v) is 8.15. The molecule has 0 aliphatic rings. The van der Waals surface area contributed by atoms with Gasteiger partial charge in [0.1, 0.15) is 5.65 Å². The smallest absolute Gasteiger partial charge is 0.253 e. The van der Waals surface area contributed by atoms with E-state index in [4.69, 9.17) is 0 Å². The van der Waals surface area contributed by atoms with Gasteiger partial charge in [0.2, 0.25) is 0 Å². The SMILES string of the molecule is Cc1cc(-c2ccc3ncc(Cc4ccccn4)n3c2)cn(C)c1=O. The second kappa shape index (κ2) is 6.02. The molecule has 0 spiro atoms. The van der Waals surface area contributed by atoms with E-state index >= 15 is 0 Å². The van der Waals surface area contributed by atoms with Crippen LogP contribution in [0.3, 0.4) is 0 Å². The number of aryl methyl sites for hydroxylation is 2. The molecule has 0 atom stereocenters. The third kappa shape index (κ3) is 2.85. The van der Waals surface area contributed by atoms with E-state index in [0.29, 0.717) is 0 Å². The molecule has 0 aromatic carbocycles. The second-order valence-electron chi connectivity index (χ2n) is 6.22. The molecule has 25 heavy (non-hydrogen) atoms. The molecule has 5 nitrogen and oxygen atoms in total. The number of imidazole rings is 1. The van der Waals surface area contributed by atoms with Crippen molar-refractivity contribution in [3.8, 4) is 11.1 Å². The van der Waals surface area contributed by atoms with Gasteiger partial charge in [-0.05, 0) is 48.4 Å². The third-order valence-corrected chi connectivity index (χ3v) is 4.37. The number of fused-ring (bicyclic) bond motifs is 1. The quantitative estimate of drug-likeness (QED) is 0.580. The van der Waals surface area contributed by atoms with Crippen LogP contribution >= 0.6 is 0 Å². The van der Waals surface area contributed by atoms with Gasteiger partial charge in [-0.25, -0.2) is 4.98 Å². The summed E-state index contributed by atoms with van der Waals surface area (Å²) >= 11 is 0. The fourth-order valence-corrected chi connectivity index (χ4v) is 3.06. The molecule has 0 saturated carbocycles. The maximum absolute atomic E-state index is 11.9. The molecular formula is C20H18N4O. The molecule has 0 radical (unpaired) electrons. The summed E-state index contributed by atoms with van der Waals surface area (Å²) in [4.78, 5) is 20.8. The van der Waals surface area contributed by atoms with E-state index in [1.807, 2.05) is 55.7 Å². The van der Waals surface area contributed by atoms with Crippen molar-refractivity contribution in [3.05, 3.63) is 88.5 Å². The zero-order chi connectivity index (χ0) is 17.4. The van der Waals surface area contributed by atoms with Gasteiger partial charge < -0.3 is 8.97 Å². The fraction of sp³-hybridized carbons (Fsp3) is 0.150. The van der Waals surface area contributed by atoms with E-state index in [9.17, 15) is 4.79 Å². The van der Waals surface area contributed by atoms with Gasteiger partial charge in [-0.3, -0.25) is 9.78 Å². The molecule has 4 aromatic rings. The first kappa shape index (κ1) is 15.3. The Kier molecular flexibility index (Phi) is 3.69. The predicted octanol–water partition coefficient (Wildman–Crippen LogP) is 2.99. The highest BCUT2D eigenvalue weighted by Gasteiger charge is 2.08. The number of aromatic nitrogens is 4. The van der Waals surface area contributed by atoms with Gasteiger partial charge in [0, 0.05) is 55.2 Å². The largest absolute Gasteiger partial charge is 0.318 e. The molecule has 124 valence electrons. The van der Waals surface area contributed by atoms with E-state index in [2.05, 4.69) is 20.6 Å². The summed E-state index contributed by atoms with van der Waals surface area (Å²) in [6.07, 6.45) is 8.35. The van der Waals surface area contributed by atoms with Crippen LogP contribution in [0.2, 0.25) is 0 Å². The summed E-state index contributed by atoms with van der Waals surface area (Å²) in [6.45, 7) is 1.84. The normalized spacial score (nSPS) is 11.1. The highest BCUT2D eigenvalue weighted by molar-refractivity contribution is 5.64. The molecule has 0 fully saturated rings. The highest BCUT2D eigenvalue weighted by Crippen LogP contribution is 2.21. The van der Waals surface area contributed by atoms with Gasteiger partial charge in [-0.15, -0.1) is 0 Å². The van der Waals surface area contributed by atoms with Gasteiger partial charge >= 0.3 is 0 Å². The molecule has 0 saturated heterocycles. The lowest BCUT2D eigenvalue weighted by Gasteiger charge is -2.08. The molecule has 4 heterocycles. The van der Waals surface area contributed by atoms with Gasteiger partial charge in [-0.2, -0.15) is 0 Å². The number of nitrogens with zero attached hydrogens (tertiary/aromatic N) is 4. The van der Waals surface area contributed by atoms with Crippen molar-refractivity contribution < 1.29 is 0 Å². The molecule has 0 N–H and O–H groups in total. The van der Waals surface area contributed by atoms with E-state index in [1.165, 1.54) is 0 Å². The minimum absolute atomic E-state index is 0.0308. The van der Waals surface area contributed by atoms with Crippen LogP contribution in [-0.4, -0.2) is 18.9 Å². The van der Waals surface area contributed by atoms with Gasteiger partial charge in [0.05, 0.1) is 0 Å². The Hall–Kier alpha value is -3.21. The monoisotopic (exact) mass is 330 g/mol. The van der Waals surface area contributed by atoms with E-state index in [-0.39, 0.29) is 5.56 Å². The maximum atomic E-state index is 11.9. The standard InChI is InChI=1S/C20H18N4O/c1-14-9-16(12-23(2)20(14)25)15-6-7-19-22-11-18(24(19)13-15)10-17-5-3-4-8-21-17/h3-9,11-13H,10H2,1-2H3. The molecule has 0 aliphatic heterocycles. The van der Waals surface area contributed by atoms with Crippen molar-refractivity contribution >= 4 is 5.65 Å². The first-order valence-electron chi connectivity index (χ1n) is 8.15. The first-order chi connectivity index (χ1) is 12.1. The lowest BCUT2D eigenvalue weighted by Crippen LogP contribution is -2.18. The minimum atomic E-state index is 0.0308. The Balaban J connectivity index is 1.80. The lowest BCUT2D eigenvalue weighted by atomic mass is 10.1. The molecule has 0 amide bonds. The van der Waals surface area contributed by atoms with Crippen LogP contribution in [-0.2, 0) is 13.5 Å². The van der Waals surface area contributed by atoms with Crippen molar-refractivity contribution in [1.82, 2.24) is 18.9 Å². The number of rotatable bonds is 3. The summed E-state index contributed by atoms with van der Waals surface area (Å²) in [7, 11) is 1.78. The van der Waals surface area contributed by atoms with Gasteiger partial charge in [0.15, 0.2) is 0 Å². The summed E-state index contributed by atoms with van der Waals surface area (Å²) in [5, 5.41) is 0. The van der Waals surface area contributed by atoms with Crippen molar-refractivity contribution in [1.29, 1.82) is 0 Å². The van der Waals surface area contributed by atoms with Crippen LogP contribution in [0.5, 0.6) is 0 Å². The Bertz CT molecular complexity index is 1080. The zero-order valence-electron chi connectivity index (χ0n) is 14.2. The molecule has 0 aliphatic carbocycles. The number of pyridine rings is 3. The van der Waals surface area contributed by atoms with Crippen molar-refractivity contribution in [2.75, 3.05) is 0 Å². The van der Waals surface area contributed by atoms with E-state index in [0.717, 1.165) is 40.1 Å². The van der Waals surface area contributed by atoms with Gasteiger partial charge in [0.25, 0.3) is 5.56 Å². The summed E-state index contributed by atoms with van der Waals surface area (Å²) in [6, 6.07) is 11.9. The molecule has 4 rings (SSSR count).